The minimum Gasteiger partial charge on any atom is -0.409 e. The third-order valence-electron chi connectivity index (χ3n) is 2.93. The Hall–Kier alpha value is -1.55. The normalized spacial score (nSPS) is 15.6. The number of oxime groups is 1. The Labute approximate surface area is 103 Å². The smallest absolute Gasteiger partial charge is 0.143 e. The Balaban J connectivity index is 2.50. The maximum absolute atomic E-state index is 8.55. The first-order valence-corrected chi connectivity index (χ1v) is 5.82. The molecule has 2 atom stereocenters. The van der Waals surface area contributed by atoms with E-state index < -0.39 is 0 Å². The van der Waals surface area contributed by atoms with Crippen LogP contribution in [0.25, 0.3) is 0 Å². The molecule has 0 aliphatic rings. The van der Waals surface area contributed by atoms with Crippen LogP contribution in [0, 0.1) is 12.8 Å². The Kier molecular flexibility index (Phi) is 4.97. The number of rotatable bonds is 5. The van der Waals surface area contributed by atoms with Crippen molar-refractivity contribution in [2.45, 2.75) is 26.8 Å². The van der Waals surface area contributed by atoms with Gasteiger partial charge < -0.3 is 16.3 Å². The summed E-state index contributed by atoms with van der Waals surface area (Å²) in [5.74, 6) is 0.279. The Bertz CT molecular complexity index is 373. The summed E-state index contributed by atoms with van der Waals surface area (Å²) in [6, 6.07) is 8.67. The molecule has 0 aliphatic heterocycles. The van der Waals surface area contributed by atoms with E-state index in [-0.39, 0.29) is 17.8 Å². The second kappa shape index (κ2) is 6.25. The Morgan fingerprint density at radius 2 is 1.94 bits per heavy atom. The van der Waals surface area contributed by atoms with Gasteiger partial charge in [-0.15, -0.1) is 0 Å². The van der Waals surface area contributed by atoms with Crippen LogP contribution < -0.4 is 11.1 Å². The molecule has 4 N–H and O–H groups in total. The molecular weight excluding hydrogens is 214 g/mol. The van der Waals surface area contributed by atoms with Gasteiger partial charge in [0.1, 0.15) is 5.84 Å². The summed E-state index contributed by atoms with van der Waals surface area (Å²) in [5.41, 5.74) is 8.02. The highest BCUT2D eigenvalue weighted by molar-refractivity contribution is 5.82. The molecule has 0 aromatic heterocycles. The quantitative estimate of drug-likeness (QED) is 0.316. The number of nitrogens with zero attached hydrogens (tertiary/aromatic N) is 1. The Morgan fingerprint density at radius 3 is 2.47 bits per heavy atom. The summed E-state index contributed by atoms with van der Waals surface area (Å²) in [6.45, 7) is 6.78. The zero-order valence-corrected chi connectivity index (χ0v) is 10.6. The maximum atomic E-state index is 8.55. The third-order valence-corrected chi connectivity index (χ3v) is 2.93. The van der Waals surface area contributed by atoms with Crippen LogP contribution in [0.15, 0.2) is 29.4 Å². The van der Waals surface area contributed by atoms with E-state index in [2.05, 4.69) is 48.6 Å². The highest BCUT2D eigenvalue weighted by Crippen LogP contribution is 2.13. The summed E-state index contributed by atoms with van der Waals surface area (Å²) >= 11 is 0. The van der Waals surface area contributed by atoms with Gasteiger partial charge in [-0.1, -0.05) is 41.9 Å². The maximum Gasteiger partial charge on any atom is 0.143 e. The van der Waals surface area contributed by atoms with Crippen molar-refractivity contribution >= 4 is 5.84 Å². The summed E-state index contributed by atoms with van der Waals surface area (Å²) < 4.78 is 0. The second-order valence-electron chi connectivity index (χ2n) is 4.47. The summed E-state index contributed by atoms with van der Waals surface area (Å²) in [4.78, 5) is 0. The molecule has 0 spiro atoms. The largest absolute Gasteiger partial charge is 0.409 e. The molecule has 0 saturated heterocycles. The minimum atomic E-state index is 0.0212. The van der Waals surface area contributed by atoms with Gasteiger partial charge in [0.25, 0.3) is 0 Å². The number of nitrogens with two attached hydrogens (primary N) is 1. The van der Waals surface area contributed by atoms with Gasteiger partial charge in [0.05, 0.1) is 0 Å². The summed E-state index contributed by atoms with van der Waals surface area (Å²) in [6.07, 6.45) is 0. The number of amidine groups is 1. The predicted octanol–water partition coefficient (Wildman–Crippen LogP) is 2.03. The molecule has 2 unspecified atom stereocenters. The van der Waals surface area contributed by atoms with Crippen LogP contribution >= 0.6 is 0 Å². The highest BCUT2D eigenvalue weighted by Gasteiger charge is 2.10. The van der Waals surface area contributed by atoms with Crippen molar-refractivity contribution in [2.24, 2.45) is 16.8 Å². The zero-order chi connectivity index (χ0) is 12.8. The SMILES string of the molecule is Cc1ccc(C(C)NCC(C)C(N)=NO)cc1. The fourth-order valence-electron chi connectivity index (χ4n) is 1.53. The van der Waals surface area contributed by atoms with Gasteiger partial charge >= 0.3 is 0 Å². The van der Waals surface area contributed by atoms with Crippen LogP contribution in [-0.2, 0) is 0 Å². The van der Waals surface area contributed by atoms with Crippen LogP contribution in [0.3, 0.4) is 0 Å². The Morgan fingerprint density at radius 1 is 1.35 bits per heavy atom. The first-order valence-electron chi connectivity index (χ1n) is 5.82. The van der Waals surface area contributed by atoms with E-state index in [9.17, 15) is 0 Å². The zero-order valence-electron chi connectivity index (χ0n) is 10.6. The highest BCUT2D eigenvalue weighted by atomic mass is 16.4. The topological polar surface area (TPSA) is 70.6 Å². The number of hydrogen-bond acceptors (Lipinski definition) is 3. The number of aryl methyl sites for hydroxylation is 1. The van der Waals surface area contributed by atoms with E-state index in [1.165, 1.54) is 11.1 Å². The van der Waals surface area contributed by atoms with Gasteiger partial charge in [0.15, 0.2) is 0 Å². The van der Waals surface area contributed by atoms with Crippen molar-refractivity contribution < 1.29 is 5.21 Å². The van der Waals surface area contributed by atoms with Crippen molar-refractivity contribution in [3.8, 4) is 0 Å². The summed E-state index contributed by atoms with van der Waals surface area (Å²) in [5, 5.41) is 14.9. The lowest BCUT2D eigenvalue weighted by atomic mass is 10.1. The van der Waals surface area contributed by atoms with Crippen molar-refractivity contribution in [2.75, 3.05) is 6.54 Å². The van der Waals surface area contributed by atoms with E-state index in [0.29, 0.717) is 6.54 Å². The number of hydrogen-bond donors (Lipinski definition) is 3. The van der Waals surface area contributed by atoms with E-state index in [1.54, 1.807) is 0 Å². The minimum absolute atomic E-state index is 0.0212. The lowest BCUT2D eigenvalue weighted by molar-refractivity contribution is 0.313. The van der Waals surface area contributed by atoms with Crippen molar-refractivity contribution in [1.82, 2.24) is 5.32 Å². The van der Waals surface area contributed by atoms with Gasteiger partial charge in [-0.25, -0.2) is 0 Å². The van der Waals surface area contributed by atoms with Gasteiger partial charge in [-0.05, 0) is 19.4 Å². The van der Waals surface area contributed by atoms with E-state index in [4.69, 9.17) is 10.9 Å². The average Bonchev–Trinajstić information content (AvgIpc) is 2.35. The summed E-state index contributed by atoms with van der Waals surface area (Å²) in [7, 11) is 0. The molecule has 0 fully saturated rings. The van der Waals surface area contributed by atoms with E-state index in [1.807, 2.05) is 6.92 Å². The molecule has 4 heteroatoms. The van der Waals surface area contributed by atoms with Crippen LogP contribution in [0.4, 0.5) is 0 Å². The average molecular weight is 235 g/mol. The van der Waals surface area contributed by atoms with Crippen molar-refractivity contribution in [1.29, 1.82) is 0 Å². The molecule has 1 aromatic carbocycles. The first kappa shape index (κ1) is 13.5. The van der Waals surface area contributed by atoms with Gasteiger partial charge in [0.2, 0.25) is 0 Å². The molecule has 1 rings (SSSR count). The van der Waals surface area contributed by atoms with Crippen molar-refractivity contribution in [3.05, 3.63) is 35.4 Å². The third kappa shape index (κ3) is 4.07. The standard InChI is InChI=1S/C13H21N3O/c1-9-4-6-12(7-5-9)11(3)15-8-10(2)13(14)16-17/h4-7,10-11,15,17H,8H2,1-3H3,(H2,14,16). The van der Waals surface area contributed by atoms with E-state index in [0.717, 1.165) is 0 Å². The van der Waals surface area contributed by atoms with Crippen molar-refractivity contribution in [3.63, 3.8) is 0 Å². The lowest BCUT2D eigenvalue weighted by Gasteiger charge is -2.17. The molecular formula is C13H21N3O. The van der Waals surface area contributed by atoms with Gasteiger partial charge in [-0.3, -0.25) is 0 Å². The predicted molar refractivity (Wildman–Crippen MR) is 70.2 cm³/mol. The monoisotopic (exact) mass is 235 g/mol. The number of benzene rings is 1. The number of nitrogens with one attached hydrogen (secondary N) is 1. The molecule has 0 bridgehead atoms. The lowest BCUT2D eigenvalue weighted by Crippen LogP contribution is -2.32. The van der Waals surface area contributed by atoms with Crippen LogP contribution in [0.5, 0.6) is 0 Å². The molecule has 94 valence electrons. The van der Waals surface area contributed by atoms with Crippen LogP contribution in [0.2, 0.25) is 0 Å². The van der Waals surface area contributed by atoms with Gasteiger partial charge in [-0.2, -0.15) is 0 Å². The second-order valence-corrected chi connectivity index (χ2v) is 4.47. The van der Waals surface area contributed by atoms with Gasteiger partial charge in [0, 0.05) is 18.5 Å². The molecule has 0 heterocycles. The fourth-order valence-corrected chi connectivity index (χ4v) is 1.53. The molecule has 17 heavy (non-hydrogen) atoms. The van der Waals surface area contributed by atoms with Crippen LogP contribution in [0.1, 0.15) is 31.0 Å². The molecule has 0 amide bonds. The van der Waals surface area contributed by atoms with Crippen LogP contribution in [-0.4, -0.2) is 17.6 Å². The molecule has 0 aliphatic carbocycles. The molecule has 4 nitrogen and oxygen atoms in total. The molecule has 0 radical (unpaired) electrons. The molecule has 1 aromatic rings. The van der Waals surface area contributed by atoms with E-state index >= 15 is 0 Å². The molecule has 0 saturated carbocycles. The first-order chi connectivity index (χ1) is 8.04. The fraction of sp³-hybridized carbons (Fsp3) is 0.462.